The molecule has 1 heterocycles. The molecule has 2 N–H and O–H groups in total. The Morgan fingerprint density at radius 3 is 2.22 bits per heavy atom. The molecule has 1 aliphatic rings. The molecule has 0 saturated carbocycles. The highest BCUT2D eigenvalue weighted by molar-refractivity contribution is 7.99. The summed E-state index contributed by atoms with van der Waals surface area (Å²) < 4.78 is 28.5. The summed E-state index contributed by atoms with van der Waals surface area (Å²) in [5, 5.41) is 4.10. The van der Waals surface area contributed by atoms with Crippen LogP contribution in [0.5, 0.6) is 0 Å². The first-order valence-corrected chi connectivity index (χ1v) is 19.1. The molecule has 7 nitrogen and oxygen atoms in total. The van der Waals surface area contributed by atoms with Gasteiger partial charge in [0.2, 0.25) is 0 Å². The van der Waals surface area contributed by atoms with Gasteiger partial charge in [0.1, 0.15) is 0 Å². The van der Waals surface area contributed by atoms with E-state index in [-0.39, 0.29) is 10.5 Å². The van der Waals surface area contributed by atoms with E-state index in [1.807, 2.05) is 49.4 Å². The van der Waals surface area contributed by atoms with Gasteiger partial charge in [-0.05, 0) is 95.9 Å². The molecule has 5 aromatic carbocycles. The van der Waals surface area contributed by atoms with Crippen molar-refractivity contribution >= 4 is 50.7 Å². The maximum atomic E-state index is 13.1. The van der Waals surface area contributed by atoms with E-state index < -0.39 is 15.9 Å². The van der Waals surface area contributed by atoms with Crippen LogP contribution >= 0.6 is 23.4 Å². The standard InChI is InChI=1S/C39H39ClN4O3S2/c1-29-27-36(19-20-38(29)41-21-26-48-35-8-3-2-4-9-35)49(46,47)42-39(45)31-13-17-34(18-14-31)44-24-22-43(23-25-44)28-32-7-5-6-10-37(32)30-11-15-33(40)16-12-30/h2-20,27,41H,21-26,28H2,1H3,(H,42,45). The summed E-state index contributed by atoms with van der Waals surface area (Å²) in [4.78, 5) is 19.0. The third kappa shape index (κ3) is 9.05. The molecule has 252 valence electrons. The number of thioether (sulfide) groups is 1. The van der Waals surface area contributed by atoms with Crippen LogP contribution in [0.15, 0.2) is 131 Å². The number of piperazine rings is 1. The number of halogens is 1. The van der Waals surface area contributed by atoms with E-state index >= 15 is 0 Å². The number of rotatable bonds is 12. The van der Waals surface area contributed by atoms with Crippen LogP contribution in [0.1, 0.15) is 21.5 Å². The van der Waals surface area contributed by atoms with Crippen LogP contribution < -0.4 is 14.9 Å². The van der Waals surface area contributed by atoms with Gasteiger partial charge in [0, 0.05) is 71.9 Å². The highest BCUT2D eigenvalue weighted by Gasteiger charge is 2.22. The third-order valence-electron chi connectivity index (χ3n) is 8.60. The minimum Gasteiger partial charge on any atom is -0.384 e. The highest BCUT2D eigenvalue weighted by atomic mass is 35.5. The van der Waals surface area contributed by atoms with Crippen molar-refractivity contribution < 1.29 is 13.2 Å². The predicted octanol–water partition coefficient (Wildman–Crippen LogP) is 7.96. The molecule has 1 saturated heterocycles. The second kappa shape index (κ2) is 16.0. The van der Waals surface area contributed by atoms with Gasteiger partial charge in [-0.1, -0.05) is 66.2 Å². The Balaban J connectivity index is 0.996. The fourth-order valence-electron chi connectivity index (χ4n) is 5.91. The Morgan fingerprint density at radius 2 is 1.51 bits per heavy atom. The van der Waals surface area contributed by atoms with Gasteiger partial charge in [-0.15, -0.1) is 11.8 Å². The lowest BCUT2D eigenvalue weighted by molar-refractivity contribution is 0.0981. The molecule has 0 aliphatic carbocycles. The number of amides is 1. The number of carbonyl (C=O) groups is 1. The van der Waals surface area contributed by atoms with Crippen LogP contribution in [-0.2, 0) is 16.6 Å². The molecular weight excluding hydrogens is 672 g/mol. The van der Waals surface area contributed by atoms with Crippen molar-refractivity contribution in [3.63, 3.8) is 0 Å². The predicted molar refractivity (Wildman–Crippen MR) is 202 cm³/mol. The first kappa shape index (κ1) is 34.6. The Labute approximate surface area is 298 Å². The van der Waals surface area contributed by atoms with E-state index in [1.54, 1.807) is 36.0 Å². The topological polar surface area (TPSA) is 81.8 Å². The van der Waals surface area contributed by atoms with Gasteiger partial charge in [-0.25, -0.2) is 13.1 Å². The van der Waals surface area contributed by atoms with Gasteiger partial charge in [-0.3, -0.25) is 9.69 Å². The average Bonchev–Trinajstić information content (AvgIpc) is 3.12. The Kier molecular flexibility index (Phi) is 11.3. The normalized spacial score (nSPS) is 13.6. The van der Waals surface area contributed by atoms with Gasteiger partial charge in [-0.2, -0.15) is 0 Å². The molecule has 1 aliphatic heterocycles. The fraction of sp³-hybridized carbons (Fsp3) is 0.205. The largest absolute Gasteiger partial charge is 0.384 e. The van der Waals surface area contributed by atoms with E-state index in [9.17, 15) is 13.2 Å². The number of nitrogens with zero attached hydrogens (tertiary/aromatic N) is 2. The van der Waals surface area contributed by atoms with Gasteiger partial charge >= 0.3 is 0 Å². The highest BCUT2D eigenvalue weighted by Crippen LogP contribution is 2.27. The molecule has 0 unspecified atom stereocenters. The molecule has 1 fully saturated rings. The molecule has 6 rings (SSSR count). The number of hydrogen-bond acceptors (Lipinski definition) is 7. The van der Waals surface area contributed by atoms with Gasteiger partial charge in [0.15, 0.2) is 0 Å². The molecule has 10 heteroatoms. The van der Waals surface area contributed by atoms with Crippen LogP contribution in [-0.4, -0.2) is 57.7 Å². The zero-order valence-electron chi connectivity index (χ0n) is 27.3. The minimum absolute atomic E-state index is 0.0489. The maximum absolute atomic E-state index is 13.1. The molecule has 5 aromatic rings. The molecule has 49 heavy (non-hydrogen) atoms. The lowest BCUT2D eigenvalue weighted by Crippen LogP contribution is -2.46. The van der Waals surface area contributed by atoms with E-state index in [0.717, 1.165) is 72.5 Å². The number of anilines is 2. The van der Waals surface area contributed by atoms with Crippen molar-refractivity contribution in [3.05, 3.63) is 143 Å². The molecular formula is C39H39ClN4O3S2. The van der Waals surface area contributed by atoms with E-state index in [1.165, 1.54) is 22.1 Å². The lowest BCUT2D eigenvalue weighted by Gasteiger charge is -2.36. The number of nitrogens with one attached hydrogen (secondary N) is 2. The van der Waals surface area contributed by atoms with Crippen LogP contribution in [0.4, 0.5) is 11.4 Å². The van der Waals surface area contributed by atoms with E-state index in [4.69, 9.17) is 11.6 Å². The van der Waals surface area contributed by atoms with Crippen molar-refractivity contribution in [1.82, 2.24) is 9.62 Å². The number of benzene rings is 5. The van der Waals surface area contributed by atoms with Crippen molar-refractivity contribution in [3.8, 4) is 11.1 Å². The van der Waals surface area contributed by atoms with Gasteiger partial charge in [0.25, 0.3) is 15.9 Å². The molecule has 0 bridgehead atoms. The Morgan fingerprint density at radius 1 is 0.816 bits per heavy atom. The van der Waals surface area contributed by atoms with Crippen LogP contribution in [0.3, 0.4) is 0 Å². The van der Waals surface area contributed by atoms with Crippen LogP contribution in [0, 0.1) is 6.92 Å². The fourth-order valence-corrected chi connectivity index (χ4v) is 7.89. The lowest BCUT2D eigenvalue weighted by atomic mass is 9.99. The smallest absolute Gasteiger partial charge is 0.264 e. The summed E-state index contributed by atoms with van der Waals surface area (Å²) in [6.45, 7) is 6.93. The quantitative estimate of drug-likeness (QED) is 0.100. The number of sulfonamides is 1. The first-order valence-electron chi connectivity index (χ1n) is 16.3. The summed E-state index contributed by atoms with van der Waals surface area (Å²) in [5.41, 5.74) is 6.58. The van der Waals surface area contributed by atoms with Crippen molar-refractivity contribution in [2.75, 3.05) is 48.7 Å². The Hall–Kier alpha value is -4.28. The number of hydrogen-bond donors (Lipinski definition) is 2. The monoisotopic (exact) mass is 710 g/mol. The summed E-state index contributed by atoms with van der Waals surface area (Å²) >= 11 is 7.86. The Bertz CT molecular complexity index is 1980. The maximum Gasteiger partial charge on any atom is 0.264 e. The number of carbonyl (C=O) groups excluding carboxylic acids is 1. The molecule has 0 aromatic heterocycles. The van der Waals surface area contributed by atoms with Gasteiger partial charge < -0.3 is 10.2 Å². The minimum atomic E-state index is -4.05. The first-order chi connectivity index (χ1) is 23.7. The zero-order valence-corrected chi connectivity index (χ0v) is 29.7. The van der Waals surface area contributed by atoms with Crippen molar-refractivity contribution in [2.45, 2.75) is 23.3 Å². The second-order valence-electron chi connectivity index (χ2n) is 12.0. The molecule has 0 atom stereocenters. The average molecular weight is 711 g/mol. The van der Waals surface area contributed by atoms with E-state index in [2.05, 4.69) is 68.4 Å². The molecule has 0 spiro atoms. The third-order valence-corrected chi connectivity index (χ3v) is 11.2. The van der Waals surface area contributed by atoms with Crippen LogP contribution in [0.2, 0.25) is 5.02 Å². The van der Waals surface area contributed by atoms with Crippen molar-refractivity contribution in [2.24, 2.45) is 0 Å². The summed E-state index contributed by atoms with van der Waals surface area (Å²) in [5.74, 6) is 0.212. The summed E-state index contributed by atoms with van der Waals surface area (Å²) in [6, 6.07) is 38.6. The van der Waals surface area contributed by atoms with Crippen molar-refractivity contribution in [1.29, 1.82) is 0 Å². The number of aryl methyl sites for hydroxylation is 1. The van der Waals surface area contributed by atoms with Gasteiger partial charge in [0.05, 0.1) is 4.90 Å². The summed E-state index contributed by atoms with van der Waals surface area (Å²) in [7, 11) is -4.05. The van der Waals surface area contributed by atoms with E-state index in [0.29, 0.717) is 0 Å². The molecule has 1 amide bonds. The second-order valence-corrected chi connectivity index (χ2v) is 15.3. The van der Waals surface area contributed by atoms with Crippen LogP contribution in [0.25, 0.3) is 11.1 Å². The SMILES string of the molecule is Cc1cc(S(=O)(=O)NC(=O)c2ccc(N3CCN(Cc4ccccc4-c4ccc(Cl)cc4)CC3)cc2)ccc1NCCSc1ccccc1. The zero-order chi connectivity index (χ0) is 34.2. The molecule has 0 radical (unpaired) electrons. The summed E-state index contributed by atoms with van der Waals surface area (Å²) in [6.07, 6.45) is 0.